The number of nitrogens with zero attached hydrogens (tertiary/aromatic N) is 4. The van der Waals surface area contributed by atoms with Crippen molar-refractivity contribution in [2.24, 2.45) is 0 Å². The summed E-state index contributed by atoms with van der Waals surface area (Å²) < 4.78 is 37.1. The van der Waals surface area contributed by atoms with Crippen molar-refractivity contribution >= 4 is 24.4 Å². The van der Waals surface area contributed by atoms with E-state index in [2.05, 4.69) is 27.4 Å². The number of hydrogen-bond acceptors (Lipinski definition) is 10. The number of aliphatic hydroxyl groups is 1. The summed E-state index contributed by atoms with van der Waals surface area (Å²) in [5.41, 5.74) is 2.96. The lowest BCUT2D eigenvalue weighted by Gasteiger charge is -2.37. The van der Waals surface area contributed by atoms with E-state index in [4.69, 9.17) is 23.7 Å². The molecule has 47 heavy (non-hydrogen) atoms. The predicted molar refractivity (Wildman–Crippen MR) is 180 cm³/mol. The van der Waals surface area contributed by atoms with Gasteiger partial charge in [-0.2, -0.15) is 0 Å². The van der Waals surface area contributed by atoms with Crippen molar-refractivity contribution in [2.75, 3.05) is 39.0 Å². The van der Waals surface area contributed by atoms with Gasteiger partial charge >= 0.3 is 0 Å². The Balaban J connectivity index is 1.41. The summed E-state index contributed by atoms with van der Waals surface area (Å²) in [7, 11) is 0.569. The quantitative estimate of drug-likeness (QED) is 0.111. The molecule has 6 rings (SSSR count). The standard InChI is InChI=1S/C35H40N5O6P/c1-5-45-47(4,42)20-19-29-21-30(41)34(46-29)40-23-38-31-32(36-22-37-33(31)40)39-35(24-9-7-6-8-10-24,25-11-15-27(43-2)16-12-25)26-13-17-28(44-3)18-14-26/h6-18,22-23,29-30,34,41H,5,19-21H2,1-4H3,(H,36,37,39)/t29-,30-,34-,47?/m1/s1. The number of fused-ring (bicyclic) bond motifs is 1. The van der Waals surface area contributed by atoms with Gasteiger partial charge in [0, 0.05) is 19.2 Å². The summed E-state index contributed by atoms with van der Waals surface area (Å²) in [4.78, 5) is 14.0. The van der Waals surface area contributed by atoms with Crippen LogP contribution in [0.5, 0.6) is 11.5 Å². The van der Waals surface area contributed by atoms with Gasteiger partial charge in [-0.3, -0.25) is 9.13 Å². The lowest BCUT2D eigenvalue weighted by atomic mass is 9.77. The van der Waals surface area contributed by atoms with E-state index in [1.165, 1.54) is 6.33 Å². The van der Waals surface area contributed by atoms with E-state index >= 15 is 0 Å². The predicted octanol–water partition coefficient (Wildman–Crippen LogP) is 6.23. The second-order valence-corrected chi connectivity index (χ2v) is 14.4. The Kier molecular flexibility index (Phi) is 9.61. The largest absolute Gasteiger partial charge is 0.497 e. The van der Waals surface area contributed by atoms with Gasteiger partial charge in [-0.25, -0.2) is 15.0 Å². The maximum Gasteiger partial charge on any atom is 0.200 e. The summed E-state index contributed by atoms with van der Waals surface area (Å²) in [6.07, 6.45) is 2.61. The monoisotopic (exact) mass is 657 g/mol. The van der Waals surface area contributed by atoms with Gasteiger partial charge in [0.2, 0.25) is 0 Å². The topological polar surface area (TPSA) is 130 Å². The molecule has 0 aliphatic carbocycles. The van der Waals surface area contributed by atoms with Crippen LogP contribution in [0.15, 0.2) is 91.5 Å². The van der Waals surface area contributed by atoms with Gasteiger partial charge in [-0.05, 0) is 54.3 Å². The molecule has 12 heteroatoms. The molecule has 4 atom stereocenters. The zero-order valence-corrected chi connectivity index (χ0v) is 27.8. The Morgan fingerprint density at radius 2 is 1.55 bits per heavy atom. The third kappa shape index (κ3) is 6.62. The number of aromatic nitrogens is 4. The number of nitrogens with one attached hydrogen (secondary N) is 1. The van der Waals surface area contributed by atoms with E-state index in [1.54, 1.807) is 31.8 Å². The second kappa shape index (κ2) is 13.8. The molecule has 0 spiro atoms. The molecule has 1 saturated heterocycles. The number of hydrogen-bond donors (Lipinski definition) is 2. The van der Waals surface area contributed by atoms with Crippen LogP contribution in [0.4, 0.5) is 5.82 Å². The molecule has 2 aromatic heterocycles. The van der Waals surface area contributed by atoms with Crippen molar-refractivity contribution in [3.8, 4) is 11.5 Å². The van der Waals surface area contributed by atoms with Crippen molar-refractivity contribution in [2.45, 2.75) is 43.7 Å². The van der Waals surface area contributed by atoms with E-state index in [9.17, 15) is 9.67 Å². The summed E-state index contributed by atoms with van der Waals surface area (Å²) in [5, 5.41) is 14.8. The average molecular weight is 658 g/mol. The van der Waals surface area contributed by atoms with Crippen molar-refractivity contribution in [3.05, 3.63) is 108 Å². The zero-order valence-electron chi connectivity index (χ0n) is 26.9. The molecule has 1 aliphatic rings. The van der Waals surface area contributed by atoms with Crippen LogP contribution in [0.2, 0.25) is 0 Å². The zero-order chi connectivity index (χ0) is 33.0. The molecule has 1 aliphatic heterocycles. The number of anilines is 1. The number of methoxy groups -OCH3 is 2. The van der Waals surface area contributed by atoms with Crippen LogP contribution >= 0.6 is 7.37 Å². The number of imidazole rings is 1. The van der Waals surface area contributed by atoms with Crippen LogP contribution in [-0.2, 0) is 19.4 Å². The maximum atomic E-state index is 12.7. The van der Waals surface area contributed by atoms with Gasteiger partial charge in [-0.1, -0.05) is 54.6 Å². The van der Waals surface area contributed by atoms with Crippen LogP contribution < -0.4 is 14.8 Å². The Morgan fingerprint density at radius 3 is 2.15 bits per heavy atom. The number of rotatable bonds is 13. The van der Waals surface area contributed by atoms with Gasteiger partial charge in [-0.15, -0.1) is 0 Å². The molecule has 2 N–H and O–H groups in total. The molecule has 11 nitrogen and oxygen atoms in total. The summed E-state index contributed by atoms with van der Waals surface area (Å²) in [6, 6.07) is 26.0. The Hall–Kier alpha value is -4.28. The van der Waals surface area contributed by atoms with Crippen molar-refractivity contribution < 1.29 is 28.4 Å². The number of aliphatic hydroxyl groups excluding tert-OH is 1. The fourth-order valence-corrected chi connectivity index (χ4v) is 7.71. The molecule has 3 aromatic carbocycles. The molecular formula is C35H40N5O6P. The molecule has 0 saturated carbocycles. The normalized spacial score (nSPS) is 19.4. The first-order valence-corrected chi connectivity index (χ1v) is 17.9. The summed E-state index contributed by atoms with van der Waals surface area (Å²) in [5.74, 6) is 1.97. The molecule has 1 fully saturated rings. The third-order valence-corrected chi connectivity index (χ3v) is 10.5. The minimum Gasteiger partial charge on any atom is -0.497 e. The molecule has 0 radical (unpaired) electrons. The highest BCUT2D eigenvalue weighted by atomic mass is 31.2. The third-order valence-electron chi connectivity index (χ3n) is 8.62. The highest BCUT2D eigenvalue weighted by Gasteiger charge is 2.40. The van der Waals surface area contributed by atoms with Crippen LogP contribution in [0.3, 0.4) is 0 Å². The number of benzene rings is 3. The second-order valence-electron chi connectivity index (χ2n) is 11.6. The van der Waals surface area contributed by atoms with Crippen LogP contribution in [-0.4, -0.2) is 70.5 Å². The molecule has 0 amide bonds. The molecule has 3 heterocycles. The smallest absolute Gasteiger partial charge is 0.200 e. The lowest BCUT2D eigenvalue weighted by molar-refractivity contribution is -0.0354. The first kappa shape index (κ1) is 32.7. The van der Waals surface area contributed by atoms with Crippen LogP contribution in [0.1, 0.15) is 42.7 Å². The summed E-state index contributed by atoms with van der Waals surface area (Å²) in [6.45, 7) is 3.86. The van der Waals surface area contributed by atoms with Gasteiger partial charge in [0.25, 0.3) is 0 Å². The lowest BCUT2D eigenvalue weighted by Crippen LogP contribution is -2.38. The maximum absolute atomic E-state index is 12.7. The Morgan fingerprint density at radius 1 is 0.936 bits per heavy atom. The van der Waals surface area contributed by atoms with E-state index in [1.807, 2.05) is 73.7 Å². The first-order chi connectivity index (χ1) is 22.8. The first-order valence-electron chi connectivity index (χ1n) is 15.6. The molecular weight excluding hydrogens is 617 g/mol. The Labute approximate surface area is 274 Å². The van der Waals surface area contributed by atoms with E-state index in [-0.39, 0.29) is 6.10 Å². The highest BCUT2D eigenvalue weighted by molar-refractivity contribution is 7.58. The minimum atomic E-state index is -2.72. The van der Waals surface area contributed by atoms with Crippen molar-refractivity contribution in [1.29, 1.82) is 0 Å². The fourth-order valence-electron chi connectivity index (χ4n) is 6.28. The van der Waals surface area contributed by atoms with Crippen molar-refractivity contribution in [3.63, 3.8) is 0 Å². The van der Waals surface area contributed by atoms with Crippen molar-refractivity contribution in [1.82, 2.24) is 19.5 Å². The SMILES string of the molecule is CCOP(C)(=O)CC[C@@H]1C[C@@H](O)[C@H](n2cnc3c(NC(c4ccccc4)(c4ccc(OC)cc4)c4ccc(OC)cc4)ncnc32)O1. The minimum absolute atomic E-state index is 0.281. The molecule has 5 aromatic rings. The van der Waals surface area contributed by atoms with Crippen LogP contribution in [0, 0.1) is 0 Å². The van der Waals surface area contributed by atoms with E-state index in [0.29, 0.717) is 42.6 Å². The summed E-state index contributed by atoms with van der Waals surface area (Å²) >= 11 is 0. The fraction of sp³-hybridized carbons (Fsp3) is 0.343. The van der Waals surface area contributed by atoms with Crippen LogP contribution in [0.25, 0.3) is 11.2 Å². The van der Waals surface area contributed by atoms with E-state index < -0.39 is 25.2 Å². The number of ether oxygens (including phenoxy) is 3. The molecule has 0 bridgehead atoms. The van der Waals surface area contributed by atoms with Gasteiger partial charge in [0.1, 0.15) is 29.5 Å². The highest BCUT2D eigenvalue weighted by Crippen LogP contribution is 2.45. The average Bonchev–Trinajstić information content (AvgIpc) is 3.70. The molecule has 1 unspecified atom stereocenters. The Bertz CT molecular complexity index is 1790. The van der Waals surface area contributed by atoms with Gasteiger partial charge < -0.3 is 29.2 Å². The molecule has 246 valence electrons. The van der Waals surface area contributed by atoms with Gasteiger partial charge in [0.15, 0.2) is 30.6 Å². The van der Waals surface area contributed by atoms with E-state index in [0.717, 1.165) is 28.2 Å². The van der Waals surface area contributed by atoms with Gasteiger partial charge in [0.05, 0.1) is 33.3 Å².